The smallest absolute Gasteiger partial charge is 0.297 e. The van der Waals surface area contributed by atoms with Crippen molar-refractivity contribution in [3.8, 4) is 0 Å². The summed E-state index contributed by atoms with van der Waals surface area (Å²) in [6.45, 7) is 1.45. The van der Waals surface area contributed by atoms with Crippen LogP contribution in [0.25, 0.3) is 21.1 Å². The molecule has 0 aliphatic carbocycles. The largest absolute Gasteiger partial charge is 0.354 e. The Kier molecular flexibility index (Phi) is 3.56. The van der Waals surface area contributed by atoms with Crippen molar-refractivity contribution in [2.45, 2.75) is 12.3 Å². The van der Waals surface area contributed by atoms with Crippen LogP contribution in [-0.4, -0.2) is 28.0 Å². The predicted molar refractivity (Wildman–Crippen MR) is 99.1 cm³/mol. The highest BCUT2D eigenvalue weighted by Gasteiger charge is 2.33. The van der Waals surface area contributed by atoms with Gasteiger partial charge in [-0.1, -0.05) is 24.3 Å². The van der Waals surface area contributed by atoms with E-state index in [4.69, 9.17) is 4.98 Å². The molecule has 0 N–H and O–H groups in total. The first-order valence-electron chi connectivity index (χ1n) is 8.34. The van der Waals surface area contributed by atoms with Crippen molar-refractivity contribution < 1.29 is 8.78 Å². The molecule has 5 rings (SSSR count). The SMILES string of the molecule is FC(F)c1nc(N2CC(c3nc4ccccc4s3)C2)c2ccccc2n1. The molecule has 0 radical (unpaired) electrons. The summed E-state index contributed by atoms with van der Waals surface area (Å²) in [5, 5.41) is 1.90. The number of aromatic nitrogens is 3. The molecule has 0 unspecified atom stereocenters. The van der Waals surface area contributed by atoms with Gasteiger partial charge in [-0.15, -0.1) is 11.3 Å². The Labute approximate surface area is 152 Å². The zero-order valence-electron chi connectivity index (χ0n) is 13.6. The Bertz CT molecular complexity index is 1070. The molecule has 1 aliphatic rings. The maximum Gasteiger partial charge on any atom is 0.297 e. The number of hydrogen-bond acceptors (Lipinski definition) is 5. The van der Waals surface area contributed by atoms with E-state index in [0.717, 1.165) is 29.0 Å². The fourth-order valence-corrected chi connectivity index (χ4v) is 4.34. The van der Waals surface area contributed by atoms with Crippen molar-refractivity contribution in [2.24, 2.45) is 0 Å². The van der Waals surface area contributed by atoms with Gasteiger partial charge in [0.25, 0.3) is 6.43 Å². The summed E-state index contributed by atoms with van der Waals surface area (Å²) in [5.41, 5.74) is 1.56. The molecule has 26 heavy (non-hydrogen) atoms. The first-order chi connectivity index (χ1) is 12.7. The van der Waals surface area contributed by atoms with Crippen molar-refractivity contribution in [1.29, 1.82) is 0 Å². The lowest BCUT2D eigenvalue weighted by Crippen LogP contribution is -2.45. The first kappa shape index (κ1) is 15.6. The van der Waals surface area contributed by atoms with Crippen LogP contribution in [0.5, 0.6) is 0 Å². The Balaban J connectivity index is 1.46. The van der Waals surface area contributed by atoms with Gasteiger partial charge < -0.3 is 4.90 Å². The lowest BCUT2D eigenvalue weighted by atomic mass is 10.0. The van der Waals surface area contributed by atoms with Crippen LogP contribution in [0.1, 0.15) is 23.2 Å². The summed E-state index contributed by atoms with van der Waals surface area (Å²) in [6, 6.07) is 15.4. The number of hydrogen-bond donors (Lipinski definition) is 0. The number of thiazole rings is 1. The number of rotatable bonds is 3. The van der Waals surface area contributed by atoms with Gasteiger partial charge in [-0.2, -0.15) is 0 Å². The van der Waals surface area contributed by atoms with Crippen LogP contribution >= 0.6 is 11.3 Å². The topological polar surface area (TPSA) is 41.9 Å². The zero-order chi connectivity index (χ0) is 17.7. The molecule has 130 valence electrons. The Morgan fingerprint density at radius 2 is 1.65 bits per heavy atom. The van der Waals surface area contributed by atoms with Gasteiger partial charge >= 0.3 is 0 Å². The van der Waals surface area contributed by atoms with Gasteiger partial charge in [0.2, 0.25) is 0 Å². The lowest BCUT2D eigenvalue weighted by molar-refractivity contribution is 0.141. The summed E-state index contributed by atoms with van der Waals surface area (Å²) in [5.74, 6) is 0.474. The summed E-state index contributed by atoms with van der Waals surface area (Å²) in [7, 11) is 0. The van der Waals surface area contributed by atoms with E-state index < -0.39 is 12.2 Å². The first-order valence-corrected chi connectivity index (χ1v) is 9.16. The van der Waals surface area contributed by atoms with E-state index in [1.165, 1.54) is 4.70 Å². The van der Waals surface area contributed by atoms with Gasteiger partial charge in [-0.25, -0.2) is 23.7 Å². The van der Waals surface area contributed by atoms with Crippen molar-refractivity contribution in [3.63, 3.8) is 0 Å². The fourth-order valence-electron chi connectivity index (χ4n) is 3.29. The molecule has 4 nitrogen and oxygen atoms in total. The molecule has 1 aliphatic heterocycles. The molecule has 0 saturated carbocycles. The van der Waals surface area contributed by atoms with Crippen molar-refractivity contribution in [2.75, 3.05) is 18.0 Å². The quantitative estimate of drug-likeness (QED) is 0.522. The third kappa shape index (κ3) is 2.50. The van der Waals surface area contributed by atoms with E-state index in [9.17, 15) is 8.78 Å². The van der Waals surface area contributed by atoms with Gasteiger partial charge in [0.05, 0.1) is 15.7 Å². The van der Waals surface area contributed by atoms with Crippen LogP contribution in [0.15, 0.2) is 48.5 Å². The summed E-state index contributed by atoms with van der Waals surface area (Å²) < 4.78 is 27.5. The number of para-hydroxylation sites is 2. The van der Waals surface area contributed by atoms with Crippen LogP contribution in [0.3, 0.4) is 0 Å². The molecule has 0 atom stereocenters. The maximum absolute atomic E-state index is 13.2. The Morgan fingerprint density at radius 3 is 2.42 bits per heavy atom. The van der Waals surface area contributed by atoms with Crippen molar-refractivity contribution in [3.05, 3.63) is 59.4 Å². The highest BCUT2D eigenvalue weighted by molar-refractivity contribution is 7.18. The van der Waals surface area contributed by atoms with Gasteiger partial charge in [0, 0.05) is 24.4 Å². The number of alkyl halides is 2. The van der Waals surface area contributed by atoms with Crippen LogP contribution in [0.2, 0.25) is 0 Å². The molecule has 1 fully saturated rings. The Morgan fingerprint density at radius 1 is 0.923 bits per heavy atom. The normalized spacial score (nSPS) is 15.1. The molecule has 4 aromatic rings. The Hall–Kier alpha value is -2.67. The summed E-state index contributed by atoms with van der Waals surface area (Å²) in [4.78, 5) is 14.9. The van der Waals surface area contributed by atoms with Gasteiger partial charge in [-0.3, -0.25) is 0 Å². The minimum Gasteiger partial charge on any atom is -0.354 e. The molecule has 0 amide bonds. The second kappa shape index (κ2) is 5.95. The van der Waals surface area contributed by atoms with E-state index in [0.29, 0.717) is 17.3 Å². The molecule has 7 heteroatoms. The molecular weight excluding hydrogens is 354 g/mol. The number of benzene rings is 2. The van der Waals surface area contributed by atoms with E-state index in [-0.39, 0.29) is 0 Å². The third-order valence-corrected chi connectivity index (χ3v) is 5.84. The summed E-state index contributed by atoms with van der Waals surface area (Å²) >= 11 is 1.70. The van der Waals surface area contributed by atoms with E-state index in [1.54, 1.807) is 23.5 Å². The molecule has 2 aromatic heterocycles. The standard InChI is InChI=1S/C19H14F2N4S/c20-16(21)17-22-13-6-2-1-5-12(13)18(24-17)25-9-11(10-25)19-23-14-7-3-4-8-15(14)26-19/h1-8,11,16H,9-10H2. The van der Waals surface area contributed by atoms with Crippen LogP contribution < -0.4 is 4.90 Å². The highest BCUT2D eigenvalue weighted by Crippen LogP contribution is 2.37. The van der Waals surface area contributed by atoms with Gasteiger partial charge in [0.1, 0.15) is 10.8 Å². The van der Waals surface area contributed by atoms with Crippen molar-refractivity contribution in [1.82, 2.24) is 15.0 Å². The molecule has 3 heterocycles. The molecular formula is C19H14F2N4S. The number of nitrogens with zero attached hydrogens (tertiary/aromatic N) is 4. The third-order valence-electron chi connectivity index (χ3n) is 4.64. The molecule has 1 saturated heterocycles. The fraction of sp³-hybridized carbons (Fsp3) is 0.211. The van der Waals surface area contributed by atoms with E-state index in [2.05, 4.69) is 16.0 Å². The number of anilines is 1. The van der Waals surface area contributed by atoms with E-state index >= 15 is 0 Å². The lowest BCUT2D eigenvalue weighted by Gasteiger charge is -2.39. The van der Waals surface area contributed by atoms with Crippen molar-refractivity contribution >= 4 is 38.3 Å². The minimum atomic E-state index is -2.68. The van der Waals surface area contributed by atoms with Crippen LogP contribution in [0, 0.1) is 0 Å². The maximum atomic E-state index is 13.2. The van der Waals surface area contributed by atoms with Crippen LogP contribution in [-0.2, 0) is 0 Å². The van der Waals surface area contributed by atoms with Crippen LogP contribution in [0.4, 0.5) is 14.6 Å². The average molecular weight is 368 g/mol. The molecule has 0 bridgehead atoms. The van der Waals surface area contributed by atoms with Gasteiger partial charge in [-0.05, 0) is 24.3 Å². The number of fused-ring (bicyclic) bond motifs is 2. The second-order valence-corrected chi connectivity index (χ2v) is 7.41. The van der Waals surface area contributed by atoms with Gasteiger partial charge in [0.15, 0.2) is 5.82 Å². The molecule has 2 aromatic carbocycles. The monoisotopic (exact) mass is 368 g/mol. The average Bonchev–Trinajstić information content (AvgIpc) is 3.03. The predicted octanol–water partition coefficient (Wildman–Crippen LogP) is 4.78. The molecule has 0 spiro atoms. The minimum absolute atomic E-state index is 0.302. The highest BCUT2D eigenvalue weighted by atomic mass is 32.1. The number of halogens is 2. The van der Waals surface area contributed by atoms with E-state index in [1.807, 2.05) is 35.2 Å². The zero-order valence-corrected chi connectivity index (χ0v) is 14.5. The summed E-state index contributed by atoms with van der Waals surface area (Å²) in [6.07, 6.45) is -2.68. The second-order valence-electron chi connectivity index (χ2n) is 6.34.